The van der Waals surface area contributed by atoms with Crippen molar-refractivity contribution < 1.29 is 4.79 Å². The van der Waals surface area contributed by atoms with Crippen molar-refractivity contribution in [2.75, 3.05) is 20.1 Å². The van der Waals surface area contributed by atoms with Crippen molar-refractivity contribution >= 4 is 5.91 Å². The van der Waals surface area contributed by atoms with Crippen LogP contribution in [0.3, 0.4) is 0 Å². The molecule has 0 radical (unpaired) electrons. The first-order chi connectivity index (χ1) is 10.1. The number of nitrogens with zero attached hydrogens (tertiary/aromatic N) is 1. The van der Waals surface area contributed by atoms with Crippen molar-refractivity contribution in [3.05, 3.63) is 34.9 Å². The van der Waals surface area contributed by atoms with Crippen LogP contribution in [0.15, 0.2) is 18.2 Å². The minimum Gasteiger partial charge on any atom is -0.341 e. The summed E-state index contributed by atoms with van der Waals surface area (Å²) in [6, 6.07) is 6.78. The van der Waals surface area contributed by atoms with E-state index in [1.807, 2.05) is 7.05 Å². The quantitative estimate of drug-likeness (QED) is 0.921. The molecule has 1 aliphatic rings. The number of hydrogen-bond acceptors (Lipinski definition) is 2. The van der Waals surface area contributed by atoms with Gasteiger partial charge in [-0.25, -0.2) is 0 Å². The maximum absolute atomic E-state index is 12.3. The normalized spacial score (nSPS) is 18.2. The Labute approximate surface area is 128 Å². The van der Waals surface area contributed by atoms with E-state index in [1.165, 1.54) is 29.5 Å². The number of likely N-dealkylation sites (N-methyl/N-ethyl adjacent to an activating group) is 1. The topological polar surface area (TPSA) is 32.3 Å². The monoisotopic (exact) mass is 288 g/mol. The Morgan fingerprint density at radius 2 is 1.95 bits per heavy atom. The maximum Gasteiger partial charge on any atom is 0.222 e. The average molecular weight is 288 g/mol. The minimum absolute atomic E-state index is 0.217. The third kappa shape index (κ3) is 4.31. The van der Waals surface area contributed by atoms with E-state index in [9.17, 15) is 4.79 Å². The zero-order chi connectivity index (χ0) is 15.2. The van der Waals surface area contributed by atoms with Gasteiger partial charge in [0.1, 0.15) is 0 Å². The highest BCUT2D eigenvalue weighted by Crippen LogP contribution is 2.21. The predicted octanol–water partition coefficient (Wildman–Crippen LogP) is 3.36. The summed E-state index contributed by atoms with van der Waals surface area (Å²) < 4.78 is 0. The van der Waals surface area contributed by atoms with E-state index < -0.39 is 0 Å². The standard InChI is InChI=1S/C18H28N2O/c1-14-9-10-16(15(2)12-14)17(19-3)13-20-11-7-5-4-6-8-18(20)21/h9-10,12,17,19H,4-8,11,13H2,1-3H3. The number of rotatable bonds is 4. The zero-order valence-corrected chi connectivity index (χ0v) is 13.6. The Morgan fingerprint density at radius 3 is 2.67 bits per heavy atom. The van der Waals surface area contributed by atoms with Crippen LogP contribution < -0.4 is 5.32 Å². The number of benzene rings is 1. The van der Waals surface area contributed by atoms with Crippen LogP contribution >= 0.6 is 0 Å². The molecule has 21 heavy (non-hydrogen) atoms. The molecular weight excluding hydrogens is 260 g/mol. The number of amides is 1. The van der Waals surface area contributed by atoms with Gasteiger partial charge in [-0.1, -0.05) is 36.6 Å². The van der Waals surface area contributed by atoms with Crippen molar-refractivity contribution in [1.29, 1.82) is 0 Å². The van der Waals surface area contributed by atoms with E-state index in [-0.39, 0.29) is 6.04 Å². The van der Waals surface area contributed by atoms with E-state index in [1.54, 1.807) is 0 Å². The van der Waals surface area contributed by atoms with Gasteiger partial charge < -0.3 is 10.2 Å². The molecule has 0 aromatic heterocycles. The van der Waals surface area contributed by atoms with Gasteiger partial charge in [-0.3, -0.25) is 4.79 Å². The molecule has 0 aliphatic carbocycles. The summed E-state index contributed by atoms with van der Waals surface area (Å²) in [7, 11) is 1.98. The predicted molar refractivity (Wildman–Crippen MR) is 87.4 cm³/mol. The average Bonchev–Trinajstić information content (AvgIpc) is 2.44. The second-order valence-corrected chi connectivity index (χ2v) is 6.21. The van der Waals surface area contributed by atoms with Gasteiger partial charge in [-0.15, -0.1) is 0 Å². The van der Waals surface area contributed by atoms with Crippen LogP contribution in [-0.4, -0.2) is 30.9 Å². The highest BCUT2D eigenvalue weighted by molar-refractivity contribution is 5.76. The number of hydrogen-bond donors (Lipinski definition) is 1. The number of nitrogens with one attached hydrogen (secondary N) is 1. The van der Waals surface area contributed by atoms with Gasteiger partial charge in [0.05, 0.1) is 0 Å². The van der Waals surface area contributed by atoms with Crippen LogP contribution in [0.25, 0.3) is 0 Å². The summed E-state index contributed by atoms with van der Waals surface area (Å²) in [6.07, 6.45) is 5.34. The molecule has 1 fully saturated rings. The Bertz CT molecular complexity index is 484. The van der Waals surface area contributed by atoms with Gasteiger partial charge in [0.15, 0.2) is 0 Å². The van der Waals surface area contributed by atoms with Crippen molar-refractivity contribution in [3.63, 3.8) is 0 Å². The molecule has 3 heteroatoms. The lowest BCUT2D eigenvalue weighted by Gasteiger charge is -2.30. The van der Waals surface area contributed by atoms with Gasteiger partial charge >= 0.3 is 0 Å². The van der Waals surface area contributed by atoms with Crippen LogP contribution in [0.1, 0.15) is 54.8 Å². The van der Waals surface area contributed by atoms with Crippen LogP contribution in [0.5, 0.6) is 0 Å². The van der Waals surface area contributed by atoms with E-state index in [0.717, 1.165) is 25.9 Å². The van der Waals surface area contributed by atoms with Crippen molar-refractivity contribution in [1.82, 2.24) is 10.2 Å². The van der Waals surface area contributed by atoms with Gasteiger partial charge in [-0.05, 0) is 44.9 Å². The van der Waals surface area contributed by atoms with E-state index in [2.05, 4.69) is 42.3 Å². The molecule has 1 aliphatic heterocycles. The lowest BCUT2D eigenvalue weighted by Crippen LogP contribution is -2.39. The van der Waals surface area contributed by atoms with E-state index >= 15 is 0 Å². The molecule has 1 N–H and O–H groups in total. The number of carbonyl (C=O) groups is 1. The second-order valence-electron chi connectivity index (χ2n) is 6.21. The Kier molecular flexibility index (Phi) is 5.80. The highest BCUT2D eigenvalue weighted by atomic mass is 16.2. The fraction of sp³-hybridized carbons (Fsp3) is 0.611. The molecule has 0 bridgehead atoms. The Balaban J connectivity index is 2.11. The lowest BCUT2D eigenvalue weighted by atomic mass is 9.98. The molecule has 1 saturated heterocycles. The van der Waals surface area contributed by atoms with Crippen molar-refractivity contribution in [2.45, 2.75) is 52.0 Å². The molecule has 0 saturated carbocycles. The summed E-state index contributed by atoms with van der Waals surface area (Å²) >= 11 is 0. The van der Waals surface area contributed by atoms with Crippen LogP contribution in [0, 0.1) is 13.8 Å². The first-order valence-electron chi connectivity index (χ1n) is 8.14. The largest absolute Gasteiger partial charge is 0.341 e. The molecule has 1 unspecified atom stereocenters. The molecule has 116 valence electrons. The fourth-order valence-corrected chi connectivity index (χ4v) is 3.19. The zero-order valence-electron chi connectivity index (χ0n) is 13.6. The molecular formula is C18H28N2O. The van der Waals surface area contributed by atoms with Gasteiger partial charge in [0, 0.05) is 25.6 Å². The molecule has 1 aromatic carbocycles. The molecule has 1 heterocycles. The number of aryl methyl sites for hydroxylation is 2. The lowest BCUT2D eigenvalue weighted by molar-refractivity contribution is -0.132. The SMILES string of the molecule is CNC(CN1CCCCCCC1=O)c1ccc(C)cc1C. The summed E-state index contributed by atoms with van der Waals surface area (Å²) in [5.41, 5.74) is 3.89. The number of likely N-dealkylation sites (tertiary alicyclic amines) is 1. The van der Waals surface area contributed by atoms with Crippen molar-refractivity contribution in [3.8, 4) is 0 Å². The maximum atomic E-state index is 12.3. The third-order valence-electron chi connectivity index (χ3n) is 4.47. The summed E-state index contributed by atoms with van der Waals surface area (Å²) in [5.74, 6) is 0.319. The second kappa shape index (κ2) is 7.60. The van der Waals surface area contributed by atoms with E-state index in [0.29, 0.717) is 12.3 Å². The van der Waals surface area contributed by atoms with Gasteiger partial charge in [0.2, 0.25) is 5.91 Å². The first-order valence-corrected chi connectivity index (χ1v) is 8.14. The van der Waals surface area contributed by atoms with Crippen LogP contribution in [-0.2, 0) is 4.79 Å². The van der Waals surface area contributed by atoms with Crippen molar-refractivity contribution in [2.24, 2.45) is 0 Å². The third-order valence-corrected chi connectivity index (χ3v) is 4.47. The van der Waals surface area contributed by atoms with Crippen LogP contribution in [0.2, 0.25) is 0 Å². The van der Waals surface area contributed by atoms with Crippen LogP contribution in [0.4, 0.5) is 0 Å². The molecule has 2 rings (SSSR count). The first kappa shape index (κ1) is 16.0. The molecule has 1 aromatic rings. The smallest absolute Gasteiger partial charge is 0.222 e. The Hall–Kier alpha value is -1.35. The number of carbonyl (C=O) groups excluding carboxylic acids is 1. The summed E-state index contributed by atoms with van der Waals surface area (Å²) in [6.45, 7) is 5.95. The molecule has 1 amide bonds. The van der Waals surface area contributed by atoms with Gasteiger partial charge in [-0.2, -0.15) is 0 Å². The Morgan fingerprint density at radius 1 is 1.19 bits per heavy atom. The molecule has 3 nitrogen and oxygen atoms in total. The summed E-state index contributed by atoms with van der Waals surface area (Å²) in [4.78, 5) is 14.3. The van der Waals surface area contributed by atoms with Gasteiger partial charge in [0.25, 0.3) is 0 Å². The minimum atomic E-state index is 0.217. The molecule has 1 atom stereocenters. The summed E-state index contributed by atoms with van der Waals surface area (Å²) in [5, 5.41) is 3.39. The fourth-order valence-electron chi connectivity index (χ4n) is 3.19. The molecule has 0 spiro atoms. The highest BCUT2D eigenvalue weighted by Gasteiger charge is 2.21. The van der Waals surface area contributed by atoms with E-state index in [4.69, 9.17) is 0 Å².